The molecule has 0 saturated carbocycles. The summed E-state index contributed by atoms with van der Waals surface area (Å²) < 4.78 is 0. The standard InChI is InChI=1S/C18H30N2/c1-5-9-19-18(13-20-10-8-15(3)12-20)17-7-6-14(2)11-16(17)4/h6-7,11,15,18-19H,5,8-10,12-13H2,1-4H3. The normalized spacial score (nSPS) is 21.3. The summed E-state index contributed by atoms with van der Waals surface area (Å²) in [6.45, 7) is 13.8. The molecule has 2 nitrogen and oxygen atoms in total. The number of rotatable bonds is 6. The van der Waals surface area contributed by atoms with Crippen LogP contribution in [0.5, 0.6) is 0 Å². The molecule has 2 heteroatoms. The largest absolute Gasteiger partial charge is 0.309 e. The fraction of sp³-hybridized carbons (Fsp3) is 0.667. The number of aryl methyl sites for hydroxylation is 2. The summed E-state index contributed by atoms with van der Waals surface area (Å²) in [4.78, 5) is 2.62. The number of nitrogens with one attached hydrogen (secondary N) is 1. The number of hydrogen-bond acceptors (Lipinski definition) is 2. The van der Waals surface area contributed by atoms with E-state index in [1.165, 1.54) is 42.6 Å². The monoisotopic (exact) mass is 274 g/mol. The van der Waals surface area contributed by atoms with Crippen molar-refractivity contribution < 1.29 is 0 Å². The van der Waals surface area contributed by atoms with Crippen LogP contribution in [-0.2, 0) is 0 Å². The van der Waals surface area contributed by atoms with Gasteiger partial charge in [-0.05, 0) is 56.8 Å². The Morgan fingerprint density at radius 1 is 1.35 bits per heavy atom. The first kappa shape index (κ1) is 15.5. The van der Waals surface area contributed by atoms with Gasteiger partial charge in [-0.2, -0.15) is 0 Å². The van der Waals surface area contributed by atoms with Crippen LogP contribution in [0.3, 0.4) is 0 Å². The van der Waals surface area contributed by atoms with Crippen LogP contribution in [0.25, 0.3) is 0 Å². The lowest BCUT2D eigenvalue weighted by Gasteiger charge is -2.26. The van der Waals surface area contributed by atoms with E-state index in [0.717, 1.165) is 19.0 Å². The first-order chi connectivity index (χ1) is 9.60. The summed E-state index contributed by atoms with van der Waals surface area (Å²) in [5.74, 6) is 0.862. The summed E-state index contributed by atoms with van der Waals surface area (Å²) in [7, 11) is 0. The van der Waals surface area contributed by atoms with Gasteiger partial charge in [-0.3, -0.25) is 0 Å². The SMILES string of the molecule is CCCNC(CN1CCC(C)C1)c1ccc(C)cc1C. The maximum Gasteiger partial charge on any atom is 0.0451 e. The first-order valence-corrected chi connectivity index (χ1v) is 8.13. The topological polar surface area (TPSA) is 15.3 Å². The molecule has 2 atom stereocenters. The van der Waals surface area contributed by atoms with Crippen molar-refractivity contribution in [3.63, 3.8) is 0 Å². The van der Waals surface area contributed by atoms with Gasteiger partial charge >= 0.3 is 0 Å². The number of nitrogens with zero attached hydrogens (tertiary/aromatic N) is 1. The van der Waals surface area contributed by atoms with Gasteiger partial charge in [0.25, 0.3) is 0 Å². The van der Waals surface area contributed by atoms with E-state index in [1.54, 1.807) is 0 Å². The second kappa shape index (κ2) is 7.24. The molecular weight excluding hydrogens is 244 g/mol. The molecule has 1 aliphatic rings. The zero-order valence-electron chi connectivity index (χ0n) is 13.6. The minimum atomic E-state index is 0.473. The van der Waals surface area contributed by atoms with Crippen LogP contribution in [0.15, 0.2) is 18.2 Å². The molecule has 0 amide bonds. The molecule has 1 aliphatic heterocycles. The zero-order chi connectivity index (χ0) is 14.5. The van der Waals surface area contributed by atoms with Gasteiger partial charge in [-0.15, -0.1) is 0 Å². The van der Waals surface area contributed by atoms with Gasteiger partial charge in [0, 0.05) is 19.1 Å². The van der Waals surface area contributed by atoms with Crippen molar-refractivity contribution in [2.45, 2.75) is 46.6 Å². The van der Waals surface area contributed by atoms with Crippen molar-refractivity contribution in [1.82, 2.24) is 10.2 Å². The van der Waals surface area contributed by atoms with Crippen molar-refractivity contribution in [3.05, 3.63) is 34.9 Å². The highest BCUT2D eigenvalue weighted by molar-refractivity contribution is 5.33. The minimum absolute atomic E-state index is 0.473. The van der Waals surface area contributed by atoms with Crippen molar-refractivity contribution in [1.29, 1.82) is 0 Å². The molecule has 1 heterocycles. The second-order valence-electron chi connectivity index (χ2n) is 6.52. The Labute approximate surface area is 124 Å². The van der Waals surface area contributed by atoms with Crippen LogP contribution < -0.4 is 5.32 Å². The van der Waals surface area contributed by atoms with Gasteiger partial charge in [0.1, 0.15) is 0 Å². The van der Waals surface area contributed by atoms with E-state index in [4.69, 9.17) is 0 Å². The van der Waals surface area contributed by atoms with Crippen LogP contribution >= 0.6 is 0 Å². The van der Waals surface area contributed by atoms with Crippen molar-refractivity contribution in [2.75, 3.05) is 26.2 Å². The average Bonchev–Trinajstić information content (AvgIpc) is 2.80. The number of likely N-dealkylation sites (tertiary alicyclic amines) is 1. The maximum absolute atomic E-state index is 3.75. The Kier molecular flexibility index (Phi) is 5.62. The van der Waals surface area contributed by atoms with Crippen molar-refractivity contribution >= 4 is 0 Å². The first-order valence-electron chi connectivity index (χ1n) is 8.13. The summed E-state index contributed by atoms with van der Waals surface area (Å²) in [5, 5.41) is 3.75. The molecule has 1 aromatic rings. The molecular formula is C18H30N2. The fourth-order valence-electron chi connectivity index (χ4n) is 3.26. The number of hydrogen-bond donors (Lipinski definition) is 1. The Balaban J connectivity index is 2.09. The summed E-state index contributed by atoms with van der Waals surface area (Å²) >= 11 is 0. The Hall–Kier alpha value is -0.860. The molecule has 0 aromatic heterocycles. The van der Waals surface area contributed by atoms with E-state index in [1.807, 2.05) is 0 Å². The third-order valence-electron chi connectivity index (χ3n) is 4.39. The van der Waals surface area contributed by atoms with Gasteiger partial charge in [0.15, 0.2) is 0 Å². The smallest absolute Gasteiger partial charge is 0.0451 e. The van der Waals surface area contributed by atoms with Crippen molar-refractivity contribution in [3.8, 4) is 0 Å². The maximum atomic E-state index is 3.75. The van der Waals surface area contributed by atoms with Gasteiger partial charge < -0.3 is 10.2 Å². The highest BCUT2D eigenvalue weighted by Crippen LogP contribution is 2.23. The van der Waals surface area contributed by atoms with E-state index in [2.05, 4.69) is 56.1 Å². The van der Waals surface area contributed by atoms with E-state index in [9.17, 15) is 0 Å². The minimum Gasteiger partial charge on any atom is -0.309 e. The van der Waals surface area contributed by atoms with Gasteiger partial charge in [-0.25, -0.2) is 0 Å². The highest BCUT2D eigenvalue weighted by atomic mass is 15.2. The van der Waals surface area contributed by atoms with Crippen LogP contribution in [-0.4, -0.2) is 31.1 Å². The van der Waals surface area contributed by atoms with Crippen LogP contribution in [0.2, 0.25) is 0 Å². The Morgan fingerprint density at radius 3 is 2.75 bits per heavy atom. The van der Waals surface area contributed by atoms with E-state index in [0.29, 0.717) is 6.04 Å². The Morgan fingerprint density at radius 2 is 2.15 bits per heavy atom. The van der Waals surface area contributed by atoms with E-state index in [-0.39, 0.29) is 0 Å². The second-order valence-corrected chi connectivity index (χ2v) is 6.52. The number of benzene rings is 1. The molecule has 1 saturated heterocycles. The van der Waals surface area contributed by atoms with Gasteiger partial charge in [0.05, 0.1) is 0 Å². The molecule has 1 fully saturated rings. The van der Waals surface area contributed by atoms with E-state index >= 15 is 0 Å². The van der Waals surface area contributed by atoms with Crippen LogP contribution in [0.1, 0.15) is 49.4 Å². The molecule has 0 aliphatic carbocycles. The summed E-state index contributed by atoms with van der Waals surface area (Å²) in [6, 6.07) is 7.34. The molecule has 2 unspecified atom stereocenters. The lowest BCUT2D eigenvalue weighted by Crippen LogP contribution is -2.34. The third-order valence-corrected chi connectivity index (χ3v) is 4.39. The quantitative estimate of drug-likeness (QED) is 0.851. The van der Waals surface area contributed by atoms with Crippen molar-refractivity contribution in [2.24, 2.45) is 5.92 Å². The molecule has 20 heavy (non-hydrogen) atoms. The molecule has 0 spiro atoms. The van der Waals surface area contributed by atoms with E-state index < -0.39 is 0 Å². The average molecular weight is 274 g/mol. The Bertz CT molecular complexity index is 427. The molecule has 1 N–H and O–H groups in total. The molecule has 0 radical (unpaired) electrons. The lowest BCUT2D eigenvalue weighted by molar-refractivity contribution is 0.284. The van der Waals surface area contributed by atoms with Crippen LogP contribution in [0, 0.1) is 19.8 Å². The highest BCUT2D eigenvalue weighted by Gasteiger charge is 2.23. The predicted octanol–water partition coefficient (Wildman–Crippen LogP) is 3.69. The van der Waals surface area contributed by atoms with Gasteiger partial charge in [0.2, 0.25) is 0 Å². The fourth-order valence-corrected chi connectivity index (χ4v) is 3.26. The zero-order valence-corrected chi connectivity index (χ0v) is 13.6. The molecule has 112 valence electrons. The lowest BCUT2D eigenvalue weighted by atomic mass is 9.98. The molecule has 0 bridgehead atoms. The molecule has 2 rings (SSSR count). The summed E-state index contributed by atoms with van der Waals surface area (Å²) in [6.07, 6.45) is 2.55. The summed E-state index contributed by atoms with van der Waals surface area (Å²) in [5.41, 5.74) is 4.25. The molecule has 1 aromatic carbocycles. The van der Waals surface area contributed by atoms with Gasteiger partial charge in [-0.1, -0.05) is 37.6 Å². The van der Waals surface area contributed by atoms with Crippen LogP contribution in [0.4, 0.5) is 0 Å². The predicted molar refractivity (Wildman–Crippen MR) is 87.2 cm³/mol. The third kappa shape index (κ3) is 4.07.